The predicted octanol–water partition coefficient (Wildman–Crippen LogP) is 2.93. The minimum Gasteiger partial charge on any atom is -0.493 e. The van der Waals surface area contributed by atoms with Gasteiger partial charge in [0.25, 0.3) is 0 Å². The standard InChI is InChI=1S/C20H21N5O2S/c1-24-7-6-13-16(10-24)28-20-18(13)19-22-17(23-25(19)11-21-20)9-12-4-5-14(26-2)15(8-12)27-3/h4-5,8,11H,6-7,9-10H2,1-3H3. The van der Waals surface area contributed by atoms with Gasteiger partial charge in [-0.05, 0) is 36.7 Å². The van der Waals surface area contributed by atoms with Crippen LogP contribution in [0.4, 0.5) is 0 Å². The number of hydrogen-bond donors (Lipinski definition) is 0. The van der Waals surface area contributed by atoms with Gasteiger partial charge in [0.1, 0.15) is 11.2 Å². The summed E-state index contributed by atoms with van der Waals surface area (Å²) in [7, 11) is 5.44. The normalized spacial score (nSPS) is 14.5. The summed E-state index contributed by atoms with van der Waals surface area (Å²) in [4.78, 5) is 14.3. The van der Waals surface area contributed by atoms with Crippen LogP contribution in [0.3, 0.4) is 0 Å². The van der Waals surface area contributed by atoms with Crippen molar-refractivity contribution < 1.29 is 9.47 Å². The van der Waals surface area contributed by atoms with Crippen molar-refractivity contribution >= 4 is 27.2 Å². The fourth-order valence-electron chi connectivity index (χ4n) is 3.81. The average molecular weight is 395 g/mol. The molecule has 0 N–H and O–H groups in total. The Hall–Kier alpha value is -2.71. The number of rotatable bonds is 4. The van der Waals surface area contributed by atoms with E-state index in [4.69, 9.17) is 14.5 Å². The molecule has 8 heteroatoms. The molecule has 0 atom stereocenters. The number of ether oxygens (including phenoxy) is 2. The van der Waals surface area contributed by atoms with E-state index in [1.165, 1.54) is 15.8 Å². The van der Waals surface area contributed by atoms with E-state index in [1.54, 1.807) is 31.9 Å². The van der Waals surface area contributed by atoms with Gasteiger partial charge in [-0.15, -0.1) is 16.4 Å². The molecule has 0 spiro atoms. The smallest absolute Gasteiger partial charge is 0.167 e. The van der Waals surface area contributed by atoms with E-state index in [1.807, 2.05) is 22.7 Å². The number of benzene rings is 1. The SMILES string of the molecule is COc1ccc(Cc2nc3c4c5c(sc4ncn3n2)CN(C)CC5)cc1OC. The third kappa shape index (κ3) is 2.80. The molecule has 3 aromatic heterocycles. The maximum atomic E-state index is 5.41. The lowest BCUT2D eigenvalue weighted by Crippen LogP contribution is -2.25. The van der Waals surface area contributed by atoms with E-state index in [-0.39, 0.29) is 0 Å². The van der Waals surface area contributed by atoms with Gasteiger partial charge < -0.3 is 14.4 Å². The number of methoxy groups -OCH3 is 2. The van der Waals surface area contributed by atoms with Crippen molar-refractivity contribution in [3.8, 4) is 11.5 Å². The topological polar surface area (TPSA) is 64.8 Å². The summed E-state index contributed by atoms with van der Waals surface area (Å²) in [6, 6.07) is 5.90. The Morgan fingerprint density at radius 3 is 2.86 bits per heavy atom. The van der Waals surface area contributed by atoms with E-state index in [0.29, 0.717) is 12.2 Å². The van der Waals surface area contributed by atoms with Gasteiger partial charge in [-0.1, -0.05) is 6.07 Å². The summed E-state index contributed by atoms with van der Waals surface area (Å²) < 4.78 is 12.5. The number of likely N-dealkylation sites (N-methyl/N-ethyl adjacent to an activating group) is 1. The van der Waals surface area contributed by atoms with Crippen molar-refractivity contribution in [3.63, 3.8) is 0 Å². The Labute approximate surface area is 166 Å². The molecule has 144 valence electrons. The summed E-state index contributed by atoms with van der Waals surface area (Å²) >= 11 is 1.78. The van der Waals surface area contributed by atoms with Crippen LogP contribution in [0.25, 0.3) is 15.9 Å². The fourth-order valence-corrected chi connectivity index (χ4v) is 5.07. The molecular formula is C20H21N5O2S. The van der Waals surface area contributed by atoms with Crippen molar-refractivity contribution in [3.05, 3.63) is 46.4 Å². The number of aromatic nitrogens is 4. The van der Waals surface area contributed by atoms with E-state index >= 15 is 0 Å². The molecule has 0 aliphatic carbocycles. The van der Waals surface area contributed by atoms with Crippen LogP contribution in [0.1, 0.15) is 21.8 Å². The van der Waals surface area contributed by atoms with Crippen LogP contribution in [0.15, 0.2) is 24.5 Å². The van der Waals surface area contributed by atoms with Crippen molar-refractivity contribution in [2.45, 2.75) is 19.4 Å². The Kier molecular flexibility index (Phi) is 4.17. The van der Waals surface area contributed by atoms with Gasteiger partial charge in [0.2, 0.25) is 0 Å². The predicted molar refractivity (Wildman–Crippen MR) is 109 cm³/mol. The van der Waals surface area contributed by atoms with Crippen LogP contribution in [-0.2, 0) is 19.4 Å². The first-order valence-corrected chi connectivity index (χ1v) is 10.0. The molecule has 0 bridgehead atoms. The summed E-state index contributed by atoms with van der Waals surface area (Å²) in [6.07, 6.45) is 3.43. The highest BCUT2D eigenvalue weighted by Gasteiger charge is 2.22. The Balaban J connectivity index is 1.56. The van der Waals surface area contributed by atoms with E-state index in [9.17, 15) is 0 Å². The summed E-state index contributed by atoms with van der Waals surface area (Å²) in [5.74, 6) is 2.20. The molecule has 1 aromatic carbocycles. The molecule has 5 rings (SSSR count). The zero-order valence-electron chi connectivity index (χ0n) is 16.1. The van der Waals surface area contributed by atoms with E-state index in [0.717, 1.165) is 47.1 Å². The van der Waals surface area contributed by atoms with Crippen LogP contribution < -0.4 is 9.47 Å². The summed E-state index contributed by atoms with van der Waals surface area (Å²) in [6.45, 7) is 2.04. The maximum absolute atomic E-state index is 5.41. The second-order valence-corrected chi connectivity index (χ2v) is 8.16. The van der Waals surface area contributed by atoms with Crippen LogP contribution in [0.2, 0.25) is 0 Å². The van der Waals surface area contributed by atoms with Gasteiger partial charge >= 0.3 is 0 Å². The minimum atomic E-state index is 0.624. The fraction of sp³-hybridized carbons (Fsp3) is 0.350. The molecule has 0 unspecified atom stereocenters. The van der Waals surface area contributed by atoms with Gasteiger partial charge in [-0.3, -0.25) is 0 Å². The summed E-state index contributed by atoms with van der Waals surface area (Å²) in [5.41, 5.74) is 3.37. The van der Waals surface area contributed by atoms with Crippen LogP contribution in [0, 0.1) is 0 Å². The van der Waals surface area contributed by atoms with Gasteiger partial charge in [-0.25, -0.2) is 14.5 Å². The highest BCUT2D eigenvalue weighted by Crippen LogP contribution is 2.35. The third-order valence-electron chi connectivity index (χ3n) is 5.22. The highest BCUT2D eigenvalue weighted by molar-refractivity contribution is 7.19. The molecule has 28 heavy (non-hydrogen) atoms. The molecule has 7 nitrogen and oxygen atoms in total. The first kappa shape index (κ1) is 17.4. The Bertz CT molecular complexity index is 1180. The Morgan fingerprint density at radius 2 is 2.04 bits per heavy atom. The molecular weight excluding hydrogens is 374 g/mol. The Morgan fingerprint density at radius 1 is 1.18 bits per heavy atom. The lowest BCUT2D eigenvalue weighted by Gasteiger charge is -2.21. The number of thiophene rings is 1. The number of hydrogen-bond acceptors (Lipinski definition) is 7. The zero-order chi connectivity index (χ0) is 19.3. The largest absolute Gasteiger partial charge is 0.493 e. The van der Waals surface area contributed by atoms with Crippen LogP contribution >= 0.6 is 11.3 Å². The summed E-state index contributed by atoms with van der Waals surface area (Å²) in [5, 5.41) is 5.83. The number of fused-ring (bicyclic) bond motifs is 5. The molecule has 1 aliphatic rings. The van der Waals surface area contributed by atoms with E-state index in [2.05, 4.69) is 22.0 Å². The van der Waals surface area contributed by atoms with Crippen molar-refractivity contribution in [1.29, 1.82) is 0 Å². The lowest BCUT2D eigenvalue weighted by molar-refractivity contribution is 0.318. The molecule has 0 amide bonds. The second kappa shape index (κ2) is 6.72. The molecule has 0 saturated carbocycles. The van der Waals surface area contributed by atoms with Gasteiger partial charge in [0, 0.05) is 24.4 Å². The highest BCUT2D eigenvalue weighted by atomic mass is 32.1. The first-order valence-electron chi connectivity index (χ1n) is 9.20. The molecule has 1 aliphatic heterocycles. The first-order chi connectivity index (χ1) is 13.7. The second-order valence-electron chi connectivity index (χ2n) is 7.08. The minimum absolute atomic E-state index is 0.624. The van der Waals surface area contributed by atoms with Crippen molar-refractivity contribution in [1.82, 2.24) is 24.5 Å². The molecule has 0 saturated heterocycles. The zero-order valence-corrected chi connectivity index (χ0v) is 16.9. The van der Waals surface area contributed by atoms with Gasteiger partial charge in [0.15, 0.2) is 23.0 Å². The van der Waals surface area contributed by atoms with Crippen molar-refractivity contribution in [2.75, 3.05) is 27.8 Å². The van der Waals surface area contributed by atoms with Crippen LogP contribution in [-0.4, -0.2) is 52.3 Å². The molecule has 0 fully saturated rings. The van der Waals surface area contributed by atoms with E-state index < -0.39 is 0 Å². The van der Waals surface area contributed by atoms with Crippen LogP contribution in [0.5, 0.6) is 11.5 Å². The number of nitrogens with zero attached hydrogens (tertiary/aromatic N) is 5. The van der Waals surface area contributed by atoms with Crippen molar-refractivity contribution in [2.24, 2.45) is 0 Å². The average Bonchev–Trinajstić information content (AvgIpc) is 3.27. The quantitative estimate of drug-likeness (QED) is 0.529. The molecule has 4 heterocycles. The maximum Gasteiger partial charge on any atom is 0.167 e. The lowest BCUT2D eigenvalue weighted by atomic mass is 10.1. The monoisotopic (exact) mass is 395 g/mol. The van der Waals surface area contributed by atoms with Gasteiger partial charge in [-0.2, -0.15) is 0 Å². The molecule has 0 radical (unpaired) electrons. The van der Waals surface area contributed by atoms with Gasteiger partial charge in [0.05, 0.1) is 19.6 Å². The molecule has 4 aromatic rings. The third-order valence-corrected chi connectivity index (χ3v) is 6.35.